The fraction of sp³-hybridized carbons (Fsp3) is 0.417. The third-order valence-electron chi connectivity index (χ3n) is 2.22. The molecule has 0 unspecified atom stereocenters. The predicted octanol–water partition coefficient (Wildman–Crippen LogP) is 3.74. The van der Waals surface area contributed by atoms with Crippen LogP contribution in [0.5, 0.6) is 5.75 Å². The summed E-state index contributed by atoms with van der Waals surface area (Å²) in [7, 11) is 0. The normalized spacial score (nSPS) is 10.0. The summed E-state index contributed by atoms with van der Waals surface area (Å²) in [6.45, 7) is 1.11. The lowest BCUT2D eigenvalue weighted by Crippen LogP contribution is -2.01. The van der Waals surface area contributed by atoms with Crippen LogP contribution in [0, 0.1) is 11.3 Å². The first-order valence-corrected chi connectivity index (χ1v) is 6.95. The largest absolute Gasteiger partial charge is 0.491 e. The van der Waals surface area contributed by atoms with Gasteiger partial charge in [0.2, 0.25) is 0 Å². The number of unbranched alkanes of at least 4 members (excludes halogenated alkanes) is 2. The summed E-state index contributed by atoms with van der Waals surface area (Å²) in [6.07, 6.45) is 2.33. The number of rotatable bonds is 6. The molecule has 0 atom stereocenters. The summed E-state index contributed by atoms with van der Waals surface area (Å²) < 4.78 is 7.46. The zero-order chi connectivity index (χ0) is 12.7. The zero-order valence-electron chi connectivity index (χ0n) is 9.38. The van der Waals surface area contributed by atoms with Crippen LogP contribution in [0.1, 0.15) is 24.8 Å². The van der Waals surface area contributed by atoms with Gasteiger partial charge in [-0.15, -0.1) is 0 Å². The number of ether oxygens (including phenoxy) is 1. The van der Waals surface area contributed by atoms with Crippen LogP contribution in [-0.4, -0.2) is 6.61 Å². The maximum absolute atomic E-state index is 8.41. The molecule has 0 bridgehead atoms. The van der Waals surface area contributed by atoms with Crippen molar-refractivity contribution in [2.45, 2.75) is 25.8 Å². The van der Waals surface area contributed by atoms with Gasteiger partial charge in [0.15, 0.2) is 0 Å². The Balaban J connectivity index is 2.56. The van der Waals surface area contributed by atoms with Crippen molar-refractivity contribution < 1.29 is 4.74 Å². The van der Waals surface area contributed by atoms with Crippen LogP contribution in [-0.2, 0) is 6.54 Å². The minimum atomic E-state index is 0.500. The van der Waals surface area contributed by atoms with E-state index >= 15 is 0 Å². The average molecular weight is 362 g/mol. The smallest absolute Gasteiger partial charge is 0.147 e. The van der Waals surface area contributed by atoms with E-state index in [1.807, 2.05) is 12.1 Å². The molecule has 0 aliphatic rings. The van der Waals surface area contributed by atoms with Gasteiger partial charge in [-0.2, -0.15) is 5.26 Å². The maximum Gasteiger partial charge on any atom is 0.147 e. The van der Waals surface area contributed by atoms with Crippen molar-refractivity contribution in [2.75, 3.05) is 6.61 Å². The van der Waals surface area contributed by atoms with Gasteiger partial charge in [-0.05, 0) is 62.4 Å². The van der Waals surface area contributed by atoms with Gasteiger partial charge in [-0.1, -0.05) is 0 Å². The quantitative estimate of drug-likeness (QED) is 0.785. The lowest BCUT2D eigenvalue weighted by atomic mass is 10.2. The molecule has 0 saturated carbocycles. The summed E-state index contributed by atoms with van der Waals surface area (Å²) in [5.74, 6) is 0.791. The molecule has 0 radical (unpaired) electrons. The predicted molar refractivity (Wildman–Crippen MR) is 74.7 cm³/mol. The van der Waals surface area contributed by atoms with Gasteiger partial charge in [0.1, 0.15) is 5.75 Å². The third kappa shape index (κ3) is 4.66. The number of benzene rings is 1. The second kappa shape index (κ2) is 7.70. The van der Waals surface area contributed by atoms with Crippen LogP contribution in [0.2, 0.25) is 0 Å². The fourth-order valence-electron chi connectivity index (χ4n) is 1.35. The van der Waals surface area contributed by atoms with Crippen molar-refractivity contribution in [3.8, 4) is 11.8 Å². The summed E-state index contributed by atoms with van der Waals surface area (Å²) >= 11 is 6.92. The number of nitrogens with zero attached hydrogens (tertiary/aromatic N) is 1. The van der Waals surface area contributed by atoms with Gasteiger partial charge >= 0.3 is 0 Å². The molecule has 0 heterocycles. The molecule has 92 valence electrons. The number of halogens is 2. The second-order valence-electron chi connectivity index (χ2n) is 3.56. The maximum atomic E-state index is 8.41. The van der Waals surface area contributed by atoms with E-state index in [-0.39, 0.29) is 0 Å². The molecule has 1 rings (SSSR count). The monoisotopic (exact) mass is 360 g/mol. The van der Waals surface area contributed by atoms with Crippen molar-refractivity contribution in [1.82, 2.24) is 0 Å². The first-order chi connectivity index (χ1) is 8.19. The minimum absolute atomic E-state index is 0.500. The Kier molecular flexibility index (Phi) is 6.56. The van der Waals surface area contributed by atoms with E-state index in [1.165, 1.54) is 0 Å². The molecule has 0 amide bonds. The Morgan fingerprint density at radius 3 is 2.41 bits per heavy atom. The summed E-state index contributed by atoms with van der Waals surface area (Å²) in [5.41, 5.74) is 6.62. The highest BCUT2D eigenvalue weighted by Gasteiger charge is 2.08. The van der Waals surface area contributed by atoms with Crippen molar-refractivity contribution in [3.05, 3.63) is 26.6 Å². The number of hydrogen-bond acceptors (Lipinski definition) is 3. The van der Waals surface area contributed by atoms with Crippen LogP contribution < -0.4 is 10.5 Å². The molecule has 2 N–H and O–H groups in total. The number of nitrogens with two attached hydrogens (primary N) is 1. The number of hydrogen-bond donors (Lipinski definition) is 1. The van der Waals surface area contributed by atoms with Crippen molar-refractivity contribution in [3.63, 3.8) is 0 Å². The van der Waals surface area contributed by atoms with Crippen molar-refractivity contribution in [1.29, 1.82) is 5.26 Å². The van der Waals surface area contributed by atoms with Crippen molar-refractivity contribution in [2.24, 2.45) is 5.73 Å². The van der Waals surface area contributed by atoms with Crippen LogP contribution in [0.15, 0.2) is 21.1 Å². The van der Waals surface area contributed by atoms with Gasteiger partial charge < -0.3 is 10.5 Å². The van der Waals surface area contributed by atoms with Crippen molar-refractivity contribution >= 4 is 31.9 Å². The van der Waals surface area contributed by atoms with E-state index in [0.717, 1.165) is 33.1 Å². The molecule has 17 heavy (non-hydrogen) atoms. The van der Waals surface area contributed by atoms with E-state index in [2.05, 4.69) is 37.9 Å². The van der Waals surface area contributed by atoms with Crippen LogP contribution in [0.4, 0.5) is 0 Å². The molecule has 0 aliphatic carbocycles. The van der Waals surface area contributed by atoms with Gasteiger partial charge in [-0.3, -0.25) is 0 Å². The molecule has 0 aliphatic heterocycles. The van der Waals surface area contributed by atoms with E-state index in [0.29, 0.717) is 19.6 Å². The van der Waals surface area contributed by atoms with Gasteiger partial charge in [0.25, 0.3) is 0 Å². The summed E-state index contributed by atoms with van der Waals surface area (Å²) in [4.78, 5) is 0. The highest BCUT2D eigenvalue weighted by Crippen LogP contribution is 2.34. The Labute approximate surface area is 118 Å². The average Bonchev–Trinajstić information content (AvgIpc) is 2.31. The molecule has 0 fully saturated rings. The molecule has 0 saturated heterocycles. The van der Waals surface area contributed by atoms with E-state index in [9.17, 15) is 0 Å². The lowest BCUT2D eigenvalue weighted by molar-refractivity contribution is 0.304. The summed E-state index contributed by atoms with van der Waals surface area (Å²) in [6, 6.07) is 6.02. The first kappa shape index (κ1) is 14.5. The van der Waals surface area contributed by atoms with Gasteiger partial charge in [0.05, 0.1) is 21.6 Å². The molecular weight excluding hydrogens is 348 g/mol. The Morgan fingerprint density at radius 1 is 1.24 bits per heavy atom. The first-order valence-electron chi connectivity index (χ1n) is 5.36. The lowest BCUT2D eigenvalue weighted by Gasteiger charge is -2.11. The highest BCUT2D eigenvalue weighted by molar-refractivity contribution is 9.11. The standard InChI is InChI=1S/C12H14Br2N2O/c13-10-6-9(8-16)7-11(14)12(10)17-5-3-1-2-4-15/h6-7H,1-3,5,8,16H2. The molecule has 1 aromatic rings. The Bertz CT molecular complexity index is 392. The van der Waals surface area contributed by atoms with E-state index in [4.69, 9.17) is 15.7 Å². The molecule has 1 aromatic carbocycles. The van der Waals surface area contributed by atoms with Gasteiger partial charge in [-0.25, -0.2) is 0 Å². The Morgan fingerprint density at radius 2 is 1.88 bits per heavy atom. The molecule has 0 aromatic heterocycles. The molecule has 0 spiro atoms. The third-order valence-corrected chi connectivity index (χ3v) is 3.40. The minimum Gasteiger partial charge on any atom is -0.491 e. The van der Waals surface area contributed by atoms with Crippen LogP contribution in [0.25, 0.3) is 0 Å². The topological polar surface area (TPSA) is 59.0 Å². The van der Waals surface area contributed by atoms with E-state index < -0.39 is 0 Å². The Hall–Kier alpha value is -0.570. The molecule has 3 nitrogen and oxygen atoms in total. The van der Waals surface area contributed by atoms with E-state index in [1.54, 1.807) is 0 Å². The zero-order valence-corrected chi connectivity index (χ0v) is 12.6. The van der Waals surface area contributed by atoms with Gasteiger partial charge in [0, 0.05) is 13.0 Å². The van der Waals surface area contributed by atoms with Crippen LogP contribution in [0.3, 0.4) is 0 Å². The fourth-order valence-corrected chi connectivity index (χ4v) is 2.86. The SMILES string of the molecule is N#CCCCCOc1c(Br)cc(CN)cc1Br. The molecular formula is C12H14Br2N2O. The second-order valence-corrected chi connectivity index (χ2v) is 5.27. The number of nitriles is 1. The molecule has 5 heteroatoms. The summed E-state index contributed by atoms with van der Waals surface area (Å²) in [5, 5.41) is 8.41. The highest BCUT2D eigenvalue weighted by atomic mass is 79.9. The van der Waals surface area contributed by atoms with Crippen LogP contribution >= 0.6 is 31.9 Å².